The normalized spacial score (nSPS) is 9.33. The Kier molecular flexibility index (Phi) is 7.52. The number of phenolic OH excluding ortho intramolecular Hbond substituents is 4. The van der Waals surface area contributed by atoms with Gasteiger partial charge in [0.05, 0.1) is 0 Å². The smallest absolute Gasteiger partial charge is 0.160 e. The fraction of sp³-hybridized carbons (Fsp3) is 0.250. The fourth-order valence-electron chi connectivity index (χ4n) is 1.88. The Morgan fingerprint density at radius 3 is 1.10 bits per heavy atom. The fourth-order valence-corrected chi connectivity index (χ4v) is 1.88. The van der Waals surface area contributed by atoms with Crippen LogP contribution >= 0.6 is 0 Å². The molecule has 0 aliphatic heterocycles. The van der Waals surface area contributed by atoms with Crippen LogP contribution in [-0.2, 0) is 26.2 Å². The topological polar surface area (TPSA) is 80.9 Å². The van der Waals surface area contributed by atoms with E-state index in [1.807, 2.05) is 26.0 Å². The van der Waals surface area contributed by atoms with Crippen molar-refractivity contribution in [2.24, 2.45) is 0 Å². The SMILES string of the molecule is Cc1cc(C)c(O)c(O)c1.Cc1cc(C)c(O)c(O)c1.[Zr]. The third-order valence-electron chi connectivity index (χ3n) is 2.85. The van der Waals surface area contributed by atoms with Crippen molar-refractivity contribution >= 4 is 0 Å². The zero-order valence-corrected chi connectivity index (χ0v) is 15.1. The number of aryl methyl sites for hydroxylation is 4. The van der Waals surface area contributed by atoms with Crippen LogP contribution in [0.2, 0.25) is 0 Å². The van der Waals surface area contributed by atoms with Gasteiger partial charge in [-0.2, -0.15) is 0 Å². The molecule has 0 amide bonds. The van der Waals surface area contributed by atoms with Gasteiger partial charge in [0.25, 0.3) is 0 Å². The van der Waals surface area contributed by atoms with Gasteiger partial charge in [-0.15, -0.1) is 0 Å². The molecule has 0 aliphatic carbocycles. The number of benzene rings is 2. The predicted molar refractivity (Wildman–Crippen MR) is 78.5 cm³/mol. The predicted octanol–water partition coefficient (Wildman–Crippen LogP) is 3.43. The number of hydrogen-bond donors (Lipinski definition) is 4. The summed E-state index contributed by atoms with van der Waals surface area (Å²) in [5.74, 6) is -0.133. The summed E-state index contributed by atoms with van der Waals surface area (Å²) in [7, 11) is 0. The van der Waals surface area contributed by atoms with Crippen molar-refractivity contribution in [3.05, 3.63) is 46.5 Å². The van der Waals surface area contributed by atoms with Gasteiger partial charge in [0.2, 0.25) is 0 Å². The van der Waals surface area contributed by atoms with Crippen LogP contribution in [0.5, 0.6) is 23.0 Å². The van der Waals surface area contributed by atoms with Crippen LogP contribution in [0.3, 0.4) is 0 Å². The molecule has 0 radical (unpaired) electrons. The van der Waals surface area contributed by atoms with E-state index in [-0.39, 0.29) is 49.2 Å². The van der Waals surface area contributed by atoms with Crippen LogP contribution in [0.25, 0.3) is 0 Å². The summed E-state index contributed by atoms with van der Waals surface area (Å²) in [5.41, 5.74) is 3.32. The van der Waals surface area contributed by atoms with Gasteiger partial charge in [0.1, 0.15) is 0 Å². The maximum atomic E-state index is 9.08. The standard InChI is InChI=1S/2C8H10O2.Zr/c2*1-5-3-6(2)8(10)7(9)4-5;/h2*3-4,9-10H,1-2H3;. The third-order valence-corrected chi connectivity index (χ3v) is 2.85. The molecule has 112 valence electrons. The minimum absolute atomic E-state index is 0. The molecular formula is C16H20O4Zr. The van der Waals surface area contributed by atoms with Gasteiger partial charge < -0.3 is 20.4 Å². The second kappa shape index (κ2) is 8.09. The molecule has 4 nitrogen and oxygen atoms in total. The first kappa shape index (κ1) is 19.5. The average Bonchev–Trinajstić information content (AvgIpc) is 2.33. The molecule has 21 heavy (non-hydrogen) atoms. The van der Waals surface area contributed by atoms with Crippen molar-refractivity contribution in [2.75, 3.05) is 0 Å². The van der Waals surface area contributed by atoms with E-state index in [4.69, 9.17) is 20.4 Å². The van der Waals surface area contributed by atoms with Crippen molar-refractivity contribution in [2.45, 2.75) is 27.7 Å². The third kappa shape index (κ3) is 5.43. The molecule has 0 fully saturated rings. The Labute approximate surface area is 143 Å². The molecular weight excluding hydrogens is 347 g/mol. The Morgan fingerprint density at radius 1 is 0.571 bits per heavy atom. The number of phenols is 4. The maximum absolute atomic E-state index is 9.08. The van der Waals surface area contributed by atoms with Gasteiger partial charge in [-0.1, -0.05) is 12.1 Å². The van der Waals surface area contributed by atoms with Gasteiger partial charge in [0.15, 0.2) is 23.0 Å². The van der Waals surface area contributed by atoms with Crippen LogP contribution in [0.15, 0.2) is 24.3 Å². The number of hydrogen-bond acceptors (Lipinski definition) is 4. The molecule has 0 atom stereocenters. The van der Waals surface area contributed by atoms with E-state index >= 15 is 0 Å². The molecule has 2 rings (SSSR count). The van der Waals surface area contributed by atoms with Crippen molar-refractivity contribution in [3.8, 4) is 23.0 Å². The largest absolute Gasteiger partial charge is 0.504 e. The minimum atomic E-state index is -0.0440. The van der Waals surface area contributed by atoms with Gasteiger partial charge in [-0.05, 0) is 62.1 Å². The van der Waals surface area contributed by atoms with E-state index in [0.717, 1.165) is 11.1 Å². The molecule has 2 aromatic rings. The van der Waals surface area contributed by atoms with E-state index in [9.17, 15) is 0 Å². The van der Waals surface area contributed by atoms with Gasteiger partial charge in [-0.25, -0.2) is 0 Å². The average molecular weight is 368 g/mol. The minimum Gasteiger partial charge on any atom is -0.504 e. The van der Waals surface area contributed by atoms with Crippen LogP contribution in [0.1, 0.15) is 22.3 Å². The second-order valence-corrected chi connectivity index (χ2v) is 4.90. The summed E-state index contributed by atoms with van der Waals surface area (Å²) in [6.45, 7) is 7.24. The molecule has 5 heteroatoms. The Bertz CT molecular complexity index is 522. The van der Waals surface area contributed by atoms with Gasteiger partial charge in [-0.3, -0.25) is 0 Å². The van der Waals surface area contributed by atoms with Crippen LogP contribution in [-0.4, -0.2) is 20.4 Å². The van der Waals surface area contributed by atoms with Gasteiger partial charge >= 0.3 is 0 Å². The quantitative estimate of drug-likeness (QED) is 0.538. The molecule has 0 unspecified atom stereocenters. The molecule has 0 saturated heterocycles. The van der Waals surface area contributed by atoms with Crippen molar-refractivity contribution in [1.82, 2.24) is 0 Å². The zero-order chi connectivity index (χ0) is 15.4. The summed E-state index contributed by atoms with van der Waals surface area (Å²) in [5, 5.41) is 36.2. The summed E-state index contributed by atoms with van der Waals surface area (Å²) in [6.07, 6.45) is 0. The maximum Gasteiger partial charge on any atom is 0.160 e. The Hall–Kier alpha value is -1.48. The number of rotatable bonds is 0. The van der Waals surface area contributed by atoms with E-state index < -0.39 is 0 Å². The first-order valence-electron chi connectivity index (χ1n) is 6.20. The zero-order valence-electron chi connectivity index (χ0n) is 12.6. The molecule has 0 aromatic heterocycles. The monoisotopic (exact) mass is 366 g/mol. The molecule has 0 heterocycles. The van der Waals surface area contributed by atoms with Gasteiger partial charge in [0, 0.05) is 26.2 Å². The molecule has 0 saturated carbocycles. The van der Waals surface area contributed by atoms with E-state index in [2.05, 4.69) is 0 Å². The van der Waals surface area contributed by atoms with E-state index in [1.165, 1.54) is 12.1 Å². The summed E-state index contributed by atoms with van der Waals surface area (Å²) >= 11 is 0. The Balaban J connectivity index is 0.000000364. The van der Waals surface area contributed by atoms with Crippen LogP contribution in [0.4, 0.5) is 0 Å². The molecule has 2 aromatic carbocycles. The summed E-state index contributed by atoms with van der Waals surface area (Å²) < 4.78 is 0. The Morgan fingerprint density at radius 2 is 0.857 bits per heavy atom. The first-order chi connectivity index (χ1) is 9.22. The second-order valence-electron chi connectivity index (χ2n) is 4.90. The van der Waals surface area contributed by atoms with E-state index in [1.54, 1.807) is 13.8 Å². The van der Waals surface area contributed by atoms with E-state index in [0.29, 0.717) is 11.1 Å². The molecule has 4 N–H and O–H groups in total. The van der Waals surface area contributed by atoms with Crippen LogP contribution < -0.4 is 0 Å². The van der Waals surface area contributed by atoms with Crippen molar-refractivity contribution in [3.63, 3.8) is 0 Å². The number of aromatic hydroxyl groups is 4. The molecule has 0 aliphatic rings. The summed E-state index contributed by atoms with van der Waals surface area (Å²) in [4.78, 5) is 0. The first-order valence-corrected chi connectivity index (χ1v) is 6.20. The summed E-state index contributed by atoms with van der Waals surface area (Å²) in [6, 6.07) is 6.69. The van der Waals surface area contributed by atoms with Crippen LogP contribution in [0, 0.1) is 27.7 Å². The van der Waals surface area contributed by atoms with Crippen molar-refractivity contribution in [1.29, 1.82) is 0 Å². The molecule has 0 spiro atoms. The molecule has 0 bridgehead atoms. The van der Waals surface area contributed by atoms with Crippen molar-refractivity contribution < 1.29 is 46.6 Å².